The molecule has 1 rings (SSSR count). The van der Waals surface area contributed by atoms with Gasteiger partial charge in [0, 0.05) is 12.8 Å². The van der Waals surface area contributed by atoms with Crippen molar-refractivity contribution in [3.05, 3.63) is 0 Å². The highest BCUT2D eigenvalue weighted by Gasteiger charge is 2.24. The van der Waals surface area contributed by atoms with Crippen molar-refractivity contribution in [1.82, 2.24) is 0 Å². The molecule has 2 nitrogen and oxygen atoms in total. The van der Waals surface area contributed by atoms with Crippen LogP contribution in [-0.2, 0) is 4.79 Å². The lowest BCUT2D eigenvalue weighted by Crippen LogP contribution is -2.28. The predicted molar refractivity (Wildman–Crippen MR) is 47.8 cm³/mol. The van der Waals surface area contributed by atoms with Crippen molar-refractivity contribution in [3.8, 4) is 0 Å². The van der Waals surface area contributed by atoms with Crippen molar-refractivity contribution >= 4 is 18.2 Å². The standard InChI is InChI=1S/C8H15NO.ClH/c1-6-4-8(10)3-2-7(6)5-9;/h6-7H,2-5,9H2,1H3;1H/t6-,7+;/m0./s1. The molecule has 2 atom stereocenters. The van der Waals surface area contributed by atoms with Gasteiger partial charge >= 0.3 is 0 Å². The molecule has 3 heteroatoms. The number of rotatable bonds is 1. The highest BCUT2D eigenvalue weighted by Crippen LogP contribution is 2.26. The molecule has 11 heavy (non-hydrogen) atoms. The highest BCUT2D eigenvalue weighted by atomic mass is 35.5. The van der Waals surface area contributed by atoms with Crippen LogP contribution < -0.4 is 5.73 Å². The SMILES string of the molecule is C[C@H]1CC(=O)CC[C@@H]1CN.Cl. The zero-order chi connectivity index (χ0) is 7.56. The van der Waals surface area contributed by atoms with Crippen LogP contribution in [0.3, 0.4) is 0 Å². The van der Waals surface area contributed by atoms with Crippen LogP contribution >= 0.6 is 12.4 Å². The number of hydrogen-bond donors (Lipinski definition) is 1. The van der Waals surface area contributed by atoms with Gasteiger partial charge in [0.1, 0.15) is 5.78 Å². The third-order valence-corrected chi connectivity index (χ3v) is 2.45. The molecule has 1 aliphatic carbocycles. The molecule has 66 valence electrons. The third-order valence-electron chi connectivity index (χ3n) is 2.45. The van der Waals surface area contributed by atoms with E-state index in [1.165, 1.54) is 0 Å². The Morgan fingerprint density at radius 3 is 2.73 bits per heavy atom. The van der Waals surface area contributed by atoms with Gasteiger partial charge in [-0.1, -0.05) is 6.92 Å². The number of halogens is 1. The Hall–Kier alpha value is -0.0800. The molecule has 0 aromatic heterocycles. The van der Waals surface area contributed by atoms with E-state index in [9.17, 15) is 4.79 Å². The molecule has 0 radical (unpaired) electrons. The number of carbonyl (C=O) groups is 1. The molecule has 1 aliphatic rings. The molecule has 1 fully saturated rings. The monoisotopic (exact) mass is 177 g/mol. The van der Waals surface area contributed by atoms with E-state index in [1.54, 1.807) is 0 Å². The van der Waals surface area contributed by atoms with Gasteiger partial charge in [-0.15, -0.1) is 12.4 Å². The van der Waals surface area contributed by atoms with Crippen LogP contribution in [0.25, 0.3) is 0 Å². The summed E-state index contributed by atoms with van der Waals surface area (Å²) in [5, 5.41) is 0. The first-order valence-electron chi connectivity index (χ1n) is 3.95. The highest BCUT2D eigenvalue weighted by molar-refractivity contribution is 5.85. The summed E-state index contributed by atoms with van der Waals surface area (Å²) in [7, 11) is 0. The smallest absolute Gasteiger partial charge is 0.133 e. The van der Waals surface area contributed by atoms with E-state index in [4.69, 9.17) is 5.73 Å². The van der Waals surface area contributed by atoms with Gasteiger partial charge in [-0.2, -0.15) is 0 Å². The number of hydrogen-bond acceptors (Lipinski definition) is 2. The summed E-state index contributed by atoms with van der Waals surface area (Å²) in [6, 6.07) is 0. The fourth-order valence-corrected chi connectivity index (χ4v) is 1.61. The van der Waals surface area contributed by atoms with E-state index in [0.29, 0.717) is 17.6 Å². The molecule has 0 saturated heterocycles. The van der Waals surface area contributed by atoms with Gasteiger partial charge in [-0.3, -0.25) is 4.79 Å². The van der Waals surface area contributed by atoms with Crippen molar-refractivity contribution in [3.63, 3.8) is 0 Å². The summed E-state index contributed by atoms with van der Waals surface area (Å²) in [5.41, 5.74) is 5.53. The lowest BCUT2D eigenvalue weighted by Gasteiger charge is -2.26. The van der Waals surface area contributed by atoms with Gasteiger partial charge in [0.25, 0.3) is 0 Å². The average Bonchev–Trinajstić information content (AvgIpc) is 1.88. The van der Waals surface area contributed by atoms with E-state index < -0.39 is 0 Å². The maximum atomic E-state index is 10.9. The summed E-state index contributed by atoms with van der Waals surface area (Å²) in [6.45, 7) is 2.86. The van der Waals surface area contributed by atoms with E-state index in [1.807, 2.05) is 0 Å². The lowest BCUT2D eigenvalue weighted by molar-refractivity contribution is -0.122. The summed E-state index contributed by atoms with van der Waals surface area (Å²) < 4.78 is 0. The first-order valence-corrected chi connectivity index (χ1v) is 3.95. The Morgan fingerprint density at radius 1 is 1.64 bits per heavy atom. The largest absolute Gasteiger partial charge is 0.330 e. The second kappa shape index (κ2) is 4.73. The summed E-state index contributed by atoms with van der Waals surface area (Å²) >= 11 is 0. The van der Waals surface area contributed by atoms with Crippen LogP contribution in [0, 0.1) is 11.8 Å². The molecular formula is C8H16ClNO. The van der Waals surface area contributed by atoms with Crippen molar-refractivity contribution in [2.24, 2.45) is 17.6 Å². The zero-order valence-electron chi connectivity index (χ0n) is 6.88. The average molecular weight is 178 g/mol. The second-order valence-electron chi connectivity index (χ2n) is 3.25. The van der Waals surface area contributed by atoms with Crippen molar-refractivity contribution < 1.29 is 4.79 Å². The Balaban J connectivity index is 0.000001000. The van der Waals surface area contributed by atoms with E-state index >= 15 is 0 Å². The quantitative estimate of drug-likeness (QED) is 0.658. The van der Waals surface area contributed by atoms with Crippen LogP contribution in [0.4, 0.5) is 0 Å². The van der Waals surface area contributed by atoms with Crippen molar-refractivity contribution in [1.29, 1.82) is 0 Å². The third kappa shape index (κ3) is 2.80. The van der Waals surface area contributed by atoms with Crippen LogP contribution in [0.2, 0.25) is 0 Å². The number of Topliss-reactive ketones (excluding diaryl/α,β-unsaturated/α-hetero) is 1. The van der Waals surface area contributed by atoms with Crippen LogP contribution in [-0.4, -0.2) is 12.3 Å². The summed E-state index contributed by atoms with van der Waals surface area (Å²) in [5.74, 6) is 1.53. The van der Waals surface area contributed by atoms with Gasteiger partial charge in [0.15, 0.2) is 0 Å². The molecule has 0 heterocycles. The molecule has 0 spiro atoms. The number of ketones is 1. The minimum Gasteiger partial charge on any atom is -0.330 e. The topological polar surface area (TPSA) is 43.1 Å². The second-order valence-corrected chi connectivity index (χ2v) is 3.25. The van der Waals surface area contributed by atoms with E-state index in [0.717, 1.165) is 25.8 Å². The fraction of sp³-hybridized carbons (Fsp3) is 0.875. The van der Waals surface area contributed by atoms with E-state index in [2.05, 4.69) is 6.92 Å². The van der Waals surface area contributed by atoms with Gasteiger partial charge in [0.05, 0.1) is 0 Å². The maximum absolute atomic E-state index is 10.9. The normalized spacial score (nSPS) is 31.3. The molecule has 1 saturated carbocycles. The van der Waals surface area contributed by atoms with Gasteiger partial charge in [0.2, 0.25) is 0 Å². The minimum atomic E-state index is 0. The molecule has 0 aliphatic heterocycles. The Morgan fingerprint density at radius 2 is 2.27 bits per heavy atom. The van der Waals surface area contributed by atoms with Crippen molar-refractivity contribution in [2.75, 3.05) is 6.54 Å². The molecular weight excluding hydrogens is 162 g/mol. The van der Waals surface area contributed by atoms with Gasteiger partial charge in [-0.25, -0.2) is 0 Å². The Kier molecular flexibility index (Phi) is 4.69. The van der Waals surface area contributed by atoms with Crippen LogP contribution in [0.5, 0.6) is 0 Å². The summed E-state index contributed by atoms with van der Waals surface area (Å²) in [6.07, 6.45) is 2.52. The fourth-order valence-electron chi connectivity index (χ4n) is 1.61. The molecule has 0 aromatic rings. The Labute approximate surface area is 73.9 Å². The molecule has 0 amide bonds. The Bertz CT molecular complexity index is 138. The summed E-state index contributed by atoms with van der Waals surface area (Å²) in [4.78, 5) is 10.9. The molecule has 0 unspecified atom stereocenters. The zero-order valence-corrected chi connectivity index (χ0v) is 7.69. The van der Waals surface area contributed by atoms with E-state index in [-0.39, 0.29) is 12.4 Å². The van der Waals surface area contributed by atoms with Gasteiger partial charge in [-0.05, 0) is 24.8 Å². The molecule has 0 aromatic carbocycles. The number of carbonyl (C=O) groups excluding carboxylic acids is 1. The van der Waals surface area contributed by atoms with Crippen LogP contribution in [0.15, 0.2) is 0 Å². The predicted octanol–water partition coefficient (Wildman–Crippen LogP) is 1.37. The first-order chi connectivity index (χ1) is 4.74. The van der Waals surface area contributed by atoms with Crippen molar-refractivity contribution in [2.45, 2.75) is 26.2 Å². The van der Waals surface area contributed by atoms with Gasteiger partial charge < -0.3 is 5.73 Å². The lowest BCUT2D eigenvalue weighted by atomic mass is 9.80. The molecule has 2 N–H and O–H groups in total. The van der Waals surface area contributed by atoms with Crippen LogP contribution in [0.1, 0.15) is 26.2 Å². The minimum absolute atomic E-state index is 0. The number of nitrogens with two attached hydrogens (primary N) is 1. The maximum Gasteiger partial charge on any atom is 0.133 e. The first kappa shape index (κ1) is 10.9. The molecule has 0 bridgehead atoms.